The lowest BCUT2D eigenvalue weighted by atomic mass is 9.88. The SMILES string of the molecule is CN(C)C1(CNC(=O)C(Sc2ccccc2)c2ccccc2)CCOCC1. The summed E-state index contributed by atoms with van der Waals surface area (Å²) >= 11 is 1.59. The molecule has 2 aromatic carbocycles. The quantitative estimate of drug-likeness (QED) is 0.739. The van der Waals surface area contributed by atoms with Crippen molar-refractivity contribution in [1.29, 1.82) is 0 Å². The molecule has 0 bridgehead atoms. The average Bonchev–Trinajstić information content (AvgIpc) is 2.72. The lowest BCUT2D eigenvalue weighted by Crippen LogP contribution is -2.56. The molecule has 0 aliphatic carbocycles. The summed E-state index contributed by atoms with van der Waals surface area (Å²) in [6, 6.07) is 20.1. The Bertz CT molecular complexity index is 716. The zero-order chi connectivity index (χ0) is 19.1. The number of ether oxygens (including phenoxy) is 1. The number of carbonyl (C=O) groups is 1. The van der Waals surface area contributed by atoms with Crippen LogP contribution in [-0.2, 0) is 9.53 Å². The minimum absolute atomic E-state index is 0.0352. The Hall–Kier alpha value is -1.82. The van der Waals surface area contributed by atoms with Crippen molar-refractivity contribution in [3.05, 3.63) is 66.2 Å². The van der Waals surface area contributed by atoms with Crippen LogP contribution in [0.15, 0.2) is 65.6 Å². The topological polar surface area (TPSA) is 41.6 Å². The number of thioether (sulfide) groups is 1. The van der Waals surface area contributed by atoms with Crippen molar-refractivity contribution in [2.45, 2.75) is 28.5 Å². The highest BCUT2D eigenvalue weighted by Crippen LogP contribution is 2.35. The molecule has 1 heterocycles. The van der Waals surface area contributed by atoms with E-state index in [0.717, 1.165) is 36.5 Å². The van der Waals surface area contributed by atoms with Gasteiger partial charge in [0.15, 0.2) is 0 Å². The predicted octanol–water partition coefficient (Wildman–Crippen LogP) is 3.75. The predicted molar refractivity (Wildman–Crippen MR) is 111 cm³/mol. The van der Waals surface area contributed by atoms with Crippen molar-refractivity contribution in [3.63, 3.8) is 0 Å². The molecule has 1 amide bonds. The maximum absolute atomic E-state index is 13.2. The Morgan fingerprint density at radius 1 is 1.07 bits per heavy atom. The molecule has 1 unspecified atom stereocenters. The molecule has 5 heteroatoms. The third kappa shape index (κ3) is 5.12. The first-order chi connectivity index (χ1) is 13.1. The molecule has 0 radical (unpaired) electrons. The van der Waals surface area contributed by atoms with Crippen molar-refractivity contribution in [3.8, 4) is 0 Å². The molecule has 2 aromatic rings. The van der Waals surface area contributed by atoms with Crippen molar-refractivity contribution >= 4 is 17.7 Å². The van der Waals surface area contributed by atoms with Crippen LogP contribution in [0.25, 0.3) is 0 Å². The van der Waals surface area contributed by atoms with Crippen LogP contribution < -0.4 is 5.32 Å². The normalized spacial score (nSPS) is 17.4. The first-order valence-electron chi connectivity index (χ1n) is 9.40. The minimum Gasteiger partial charge on any atom is -0.381 e. The van der Waals surface area contributed by atoms with E-state index in [1.54, 1.807) is 11.8 Å². The van der Waals surface area contributed by atoms with Crippen LogP contribution in [0.5, 0.6) is 0 Å². The van der Waals surface area contributed by atoms with Crippen molar-refractivity contribution in [2.24, 2.45) is 0 Å². The molecule has 144 valence electrons. The number of nitrogens with one attached hydrogen (secondary N) is 1. The van der Waals surface area contributed by atoms with E-state index < -0.39 is 0 Å². The molecule has 1 fully saturated rings. The monoisotopic (exact) mass is 384 g/mol. The number of hydrogen-bond acceptors (Lipinski definition) is 4. The molecule has 1 saturated heterocycles. The first-order valence-corrected chi connectivity index (χ1v) is 10.3. The van der Waals surface area contributed by atoms with E-state index in [2.05, 4.69) is 24.3 Å². The molecule has 0 saturated carbocycles. The van der Waals surface area contributed by atoms with Crippen LogP contribution in [0, 0.1) is 0 Å². The van der Waals surface area contributed by atoms with Crippen LogP contribution in [0.1, 0.15) is 23.7 Å². The molecule has 1 aliphatic heterocycles. The van der Waals surface area contributed by atoms with Gasteiger partial charge in [-0.1, -0.05) is 48.5 Å². The summed E-state index contributed by atoms with van der Waals surface area (Å²) in [7, 11) is 4.18. The van der Waals surface area contributed by atoms with Crippen molar-refractivity contribution < 1.29 is 9.53 Å². The van der Waals surface area contributed by atoms with Gasteiger partial charge in [-0.15, -0.1) is 11.8 Å². The molecule has 3 rings (SSSR count). The fourth-order valence-corrected chi connectivity index (χ4v) is 4.48. The van der Waals surface area contributed by atoms with Crippen molar-refractivity contribution in [2.75, 3.05) is 33.9 Å². The molecular formula is C22H28N2O2S. The summed E-state index contributed by atoms with van der Waals surface area (Å²) in [6.45, 7) is 2.13. The third-order valence-corrected chi connectivity index (χ3v) is 6.57. The lowest BCUT2D eigenvalue weighted by molar-refractivity contribution is -0.121. The minimum atomic E-state index is -0.271. The zero-order valence-corrected chi connectivity index (χ0v) is 16.9. The van der Waals surface area contributed by atoms with Gasteiger partial charge in [0, 0.05) is 30.2 Å². The molecule has 4 nitrogen and oxygen atoms in total. The van der Waals surface area contributed by atoms with E-state index in [-0.39, 0.29) is 16.7 Å². The number of carbonyl (C=O) groups excluding carboxylic acids is 1. The highest BCUT2D eigenvalue weighted by atomic mass is 32.2. The van der Waals surface area contributed by atoms with Crippen LogP contribution in [-0.4, -0.2) is 50.2 Å². The summed E-state index contributed by atoms with van der Waals surface area (Å²) in [4.78, 5) is 16.5. The second-order valence-electron chi connectivity index (χ2n) is 7.17. The van der Waals surface area contributed by atoms with Crippen LogP contribution in [0.4, 0.5) is 0 Å². The summed E-state index contributed by atoms with van der Waals surface area (Å²) in [5, 5.41) is 2.97. The smallest absolute Gasteiger partial charge is 0.238 e. The van der Waals surface area contributed by atoms with E-state index in [9.17, 15) is 4.79 Å². The van der Waals surface area contributed by atoms with E-state index in [1.807, 2.05) is 60.7 Å². The average molecular weight is 385 g/mol. The fourth-order valence-electron chi connectivity index (χ4n) is 3.41. The van der Waals surface area contributed by atoms with Gasteiger partial charge in [0.25, 0.3) is 0 Å². The maximum atomic E-state index is 13.2. The summed E-state index contributed by atoms with van der Waals surface area (Å²) in [5.74, 6) is 0.0581. The van der Waals surface area contributed by atoms with E-state index in [1.165, 1.54) is 0 Å². The molecule has 1 N–H and O–H groups in total. The molecule has 1 aliphatic rings. The second-order valence-corrected chi connectivity index (χ2v) is 8.35. The van der Waals surface area contributed by atoms with E-state index >= 15 is 0 Å². The van der Waals surface area contributed by atoms with Gasteiger partial charge in [-0.2, -0.15) is 0 Å². The van der Waals surface area contributed by atoms with Crippen LogP contribution in [0.3, 0.4) is 0 Å². The van der Waals surface area contributed by atoms with E-state index in [0.29, 0.717) is 6.54 Å². The van der Waals surface area contributed by atoms with Gasteiger partial charge in [0.2, 0.25) is 5.91 Å². The van der Waals surface area contributed by atoms with Gasteiger partial charge in [-0.3, -0.25) is 4.79 Å². The summed E-state index contributed by atoms with van der Waals surface area (Å²) in [6.07, 6.45) is 1.87. The number of amides is 1. The highest BCUT2D eigenvalue weighted by Gasteiger charge is 2.36. The summed E-state index contributed by atoms with van der Waals surface area (Å²) in [5.41, 5.74) is 0.988. The zero-order valence-electron chi connectivity index (χ0n) is 16.1. The molecule has 27 heavy (non-hydrogen) atoms. The van der Waals surface area contributed by atoms with Gasteiger partial charge >= 0.3 is 0 Å². The molecular weight excluding hydrogens is 356 g/mol. The fraction of sp³-hybridized carbons (Fsp3) is 0.409. The highest BCUT2D eigenvalue weighted by molar-refractivity contribution is 8.00. The van der Waals surface area contributed by atoms with Gasteiger partial charge in [0.1, 0.15) is 5.25 Å². The number of nitrogens with zero attached hydrogens (tertiary/aromatic N) is 1. The number of hydrogen-bond donors (Lipinski definition) is 1. The largest absolute Gasteiger partial charge is 0.381 e. The summed E-state index contributed by atoms with van der Waals surface area (Å²) < 4.78 is 5.53. The Kier molecular flexibility index (Phi) is 6.94. The van der Waals surface area contributed by atoms with E-state index in [4.69, 9.17) is 4.74 Å². The van der Waals surface area contributed by atoms with Gasteiger partial charge in [-0.25, -0.2) is 0 Å². The van der Waals surface area contributed by atoms with Crippen LogP contribution >= 0.6 is 11.8 Å². The molecule has 0 spiro atoms. The molecule has 1 atom stereocenters. The Labute approximate surface area is 166 Å². The second kappa shape index (κ2) is 9.40. The number of benzene rings is 2. The maximum Gasteiger partial charge on any atom is 0.238 e. The van der Waals surface area contributed by atoms with Gasteiger partial charge in [0.05, 0.1) is 0 Å². The third-order valence-electron chi connectivity index (χ3n) is 5.30. The number of likely N-dealkylation sites (N-methyl/N-ethyl adjacent to an activating group) is 1. The molecule has 0 aromatic heterocycles. The Balaban J connectivity index is 1.74. The van der Waals surface area contributed by atoms with Gasteiger partial charge in [-0.05, 0) is 44.6 Å². The van der Waals surface area contributed by atoms with Gasteiger partial charge < -0.3 is 15.0 Å². The number of rotatable bonds is 7. The Morgan fingerprint density at radius 3 is 2.26 bits per heavy atom. The van der Waals surface area contributed by atoms with Crippen molar-refractivity contribution in [1.82, 2.24) is 10.2 Å². The standard InChI is InChI=1S/C22H28N2O2S/c1-24(2)22(13-15-26-16-14-22)17-23-21(25)20(18-9-5-3-6-10-18)27-19-11-7-4-8-12-19/h3-12,20H,13-17H2,1-2H3,(H,23,25). The van der Waals surface area contributed by atoms with Crippen LogP contribution in [0.2, 0.25) is 0 Å². The lowest BCUT2D eigenvalue weighted by Gasteiger charge is -2.43. The Morgan fingerprint density at radius 2 is 1.67 bits per heavy atom. The first kappa shape index (κ1) is 19.9.